The van der Waals surface area contributed by atoms with Gasteiger partial charge in [0.05, 0.1) is 11.0 Å². The van der Waals surface area contributed by atoms with E-state index in [1.807, 2.05) is 31.2 Å². The fourth-order valence-electron chi connectivity index (χ4n) is 4.32. The summed E-state index contributed by atoms with van der Waals surface area (Å²) in [6.07, 6.45) is 3.29. The molecule has 4 aromatic rings. The van der Waals surface area contributed by atoms with Crippen LogP contribution in [0.25, 0.3) is 22.6 Å². The van der Waals surface area contributed by atoms with Gasteiger partial charge in [0.25, 0.3) is 5.91 Å². The van der Waals surface area contributed by atoms with Crippen molar-refractivity contribution in [2.75, 3.05) is 20.1 Å². The van der Waals surface area contributed by atoms with Crippen LogP contribution in [-0.2, 0) is 11.2 Å². The van der Waals surface area contributed by atoms with Gasteiger partial charge in [-0.15, -0.1) is 0 Å². The number of aliphatic imine (C=N–C) groups is 1. The minimum atomic E-state index is -0.725. The normalized spacial score (nSPS) is 11.8. The minimum Gasteiger partial charge on any atom is -0.458 e. The molecule has 0 aliphatic rings. The summed E-state index contributed by atoms with van der Waals surface area (Å²) < 4.78 is 7.61. The van der Waals surface area contributed by atoms with Crippen molar-refractivity contribution in [1.29, 1.82) is 0 Å². The lowest BCUT2D eigenvalue weighted by atomic mass is 10.1. The highest BCUT2D eigenvalue weighted by Gasteiger charge is 2.26. The van der Waals surface area contributed by atoms with Crippen LogP contribution >= 0.6 is 0 Å². The van der Waals surface area contributed by atoms with Gasteiger partial charge >= 0.3 is 0 Å². The van der Waals surface area contributed by atoms with Crippen molar-refractivity contribution in [3.8, 4) is 11.6 Å². The van der Waals surface area contributed by atoms with Crippen molar-refractivity contribution in [3.63, 3.8) is 0 Å². The SMILES string of the molecule is Cc1ccc(-c2nc3cc(C(=O)N(C)CCc4ccccn4)ccc3n2[C@H](CCCN=C(N)N)C(N)=O)o1. The Morgan fingerprint density at radius 3 is 2.61 bits per heavy atom. The van der Waals surface area contributed by atoms with E-state index < -0.39 is 11.9 Å². The van der Waals surface area contributed by atoms with E-state index in [2.05, 4.69) is 9.98 Å². The smallest absolute Gasteiger partial charge is 0.253 e. The van der Waals surface area contributed by atoms with Gasteiger partial charge in [0, 0.05) is 44.0 Å². The Morgan fingerprint density at radius 1 is 1.13 bits per heavy atom. The molecule has 0 radical (unpaired) electrons. The number of primary amides is 1. The average Bonchev–Trinajstić information content (AvgIpc) is 3.50. The summed E-state index contributed by atoms with van der Waals surface area (Å²) in [6.45, 7) is 2.70. The molecule has 0 aliphatic heterocycles. The Bertz CT molecular complexity index is 1450. The lowest BCUT2D eigenvalue weighted by Gasteiger charge is -2.19. The number of likely N-dealkylation sites (N-methyl/N-ethyl adjacent to an activating group) is 1. The van der Waals surface area contributed by atoms with Crippen LogP contribution in [0.4, 0.5) is 0 Å². The highest BCUT2D eigenvalue weighted by atomic mass is 16.3. The van der Waals surface area contributed by atoms with Crippen LogP contribution in [0.2, 0.25) is 0 Å². The average molecular weight is 517 g/mol. The zero-order valence-corrected chi connectivity index (χ0v) is 21.5. The van der Waals surface area contributed by atoms with E-state index in [-0.39, 0.29) is 11.9 Å². The number of fused-ring (bicyclic) bond motifs is 1. The number of carbonyl (C=O) groups is 2. The molecule has 3 aromatic heterocycles. The Kier molecular flexibility index (Phi) is 8.05. The van der Waals surface area contributed by atoms with Gasteiger partial charge in [0.1, 0.15) is 11.8 Å². The van der Waals surface area contributed by atoms with Crippen molar-refractivity contribution in [1.82, 2.24) is 19.4 Å². The minimum absolute atomic E-state index is 0.0114. The second kappa shape index (κ2) is 11.6. The Hall–Kier alpha value is -4.67. The maximum atomic E-state index is 13.2. The number of aryl methyl sites for hydroxylation is 1. The van der Waals surface area contributed by atoms with E-state index >= 15 is 0 Å². The number of amides is 2. The van der Waals surface area contributed by atoms with E-state index in [1.165, 1.54) is 0 Å². The van der Waals surface area contributed by atoms with Gasteiger partial charge in [-0.25, -0.2) is 4.98 Å². The predicted octanol–water partition coefficient (Wildman–Crippen LogP) is 2.39. The molecule has 3 heterocycles. The van der Waals surface area contributed by atoms with E-state index in [0.717, 1.165) is 5.69 Å². The van der Waals surface area contributed by atoms with Crippen LogP contribution in [0.5, 0.6) is 0 Å². The maximum absolute atomic E-state index is 13.2. The molecule has 11 heteroatoms. The molecule has 0 bridgehead atoms. The van der Waals surface area contributed by atoms with Crippen LogP contribution in [0.15, 0.2) is 64.1 Å². The number of rotatable bonds is 11. The van der Waals surface area contributed by atoms with E-state index in [4.69, 9.17) is 26.6 Å². The lowest BCUT2D eigenvalue weighted by molar-refractivity contribution is -0.121. The second-order valence-electron chi connectivity index (χ2n) is 9.08. The third-order valence-electron chi connectivity index (χ3n) is 6.24. The molecule has 0 aliphatic carbocycles. The lowest BCUT2D eigenvalue weighted by Crippen LogP contribution is -2.29. The highest BCUT2D eigenvalue weighted by Crippen LogP contribution is 2.32. The summed E-state index contributed by atoms with van der Waals surface area (Å²) in [5, 5.41) is 0. The Balaban J connectivity index is 1.66. The first-order chi connectivity index (χ1) is 18.2. The van der Waals surface area contributed by atoms with E-state index in [9.17, 15) is 9.59 Å². The quantitative estimate of drug-likeness (QED) is 0.156. The molecular formula is C27H32N8O3. The fraction of sp³-hybridized carbons (Fsp3) is 0.296. The highest BCUT2D eigenvalue weighted by molar-refractivity contribution is 5.98. The molecule has 0 unspecified atom stereocenters. The fourth-order valence-corrected chi connectivity index (χ4v) is 4.32. The van der Waals surface area contributed by atoms with Crippen LogP contribution in [-0.4, -0.2) is 57.3 Å². The number of guanidine groups is 1. The molecule has 4 rings (SSSR count). The molecule has 2 amide bonds. The number of benzene rings is 1. The first-order valence-electron chi connectivity index (χ1n) is 12.3. The number of carbonyl (C=O) groups excluding carboxylic acids is 2. The number of hydrogen-bond donors (Lipinski definition) is 3. The molecule has 0 spiro atoms. The van der Waals surface area contributed by atoms with Gasteiger partial charge in [0.15, 0.2) is 17.5 Å². The second-order valence-corrected chi connectivity index (χ2v) is 9.08. The van der Waals surface area contributed by atoms with E-state index in [0.29, 0.717) is 66.3 Å². The van der Waals surface area contributed by atoms with Gasteiger partial charge in [-0.1, -0.05) is 6.07 Å². The van der Waals surface area contributed by atoms with Crippen molar-refractivity contribution in [3.05, 3.63) is 71.7 Å². The zero-order valence-electron chi connectivity index (χ0n) is 21.5. The monoisotopic (exact) mass is 516 g/mol. The van der Waals surface area contributed by atoms with Crippen LogP contribution in [0.3, 0.4) is 0 Å². The molecule has 38 heavy (non-hydrogen) atoms. The molecule has 0 saturated heterocycles. The Labute approximate surface area is 220 Å². The topological polar surface area (TPSA) is 172 Å². The number of aromatic nitrogens is 3. The summed E-state index contributed by atoms with van der Waals surface area (Å²) in [4.78, 5) is 40.5. The molecule has 1 atom stereocenters. The molecule has 11 nitrogen and oxygen atoms in total. The number of hydrogen-bond acceptors (Lipinski definition) is 6. The summed E-state index contributed by atoms with van der Waals surface area (Å²) in [5.74, 6) is 0.973. The van der Waals surface area contributed by atoms with Crippen LogP contribution < -0.4 is 17.2 Å². The summed E-state index contributed by atoms with van der Waals surface area (Å²) in [5.41, 5.74) is 19.3. The third kappa shape index (κ3) is 6.00. The van der Waals surface area contributed by atoms with Gasteiger partial charge in [-0.2, -0.15) is 0 Å². The van der Waals surface area contributed by atoms with Crippen molar-refractivity contribution < 1.29 is 14.0 Å². The summed E-state index contributed by atoms with van der Waals surface area (Å²) in [6, 6.07) is 13.8. The Morgan fingerprint density at radius 2 is 1.95 bits per heavy atom. The molecule has 0 fully saturated rings. The molecule has 198 valence electrons. The van der Waals surface area contributed by atoms with Crippen molar-refractivity contribution in [2.24, 2.45) is 22.2 Å². The molecule has 1 aromatic carbocycles. The number of imidazole rings is 1. The van der Waals surface area contributed by atoms with Gasteiger partial charge in [-0.3, -0.25) is 19.6 Å². The van der Waals surface area contributed by atoms with Gasteiger partial charge in [-0.05, 0) is 62.2 Å². The maximum Gasteiger partial charge on any atom is 0.253 e. The van der Waals surface area contributed by atoms with Crippen LogP contribution in [0.1, 0.15) is 40.7 Å². The summed E-state index contributed by atoms with van der Waals surface area (Å²) >= 11 is 0. The zero-order chi connectivity index (χ0) is 27.2. The molecular weight excluding hydrogens is 484 g/mol. The standard InChI is InChI=1S/C27H32N8O3/c1-17-8-11-23(38-17)25-33-20-16-18(26(37)34(2)15-12-19-6-3-4-13-31-19)9-10-21(20)35(25)22(24(28)36)7-5-14-32-27(29)30/h3-4,6,8-11,13,16,22H,5,7,12,14-15H2,1-2H3,(H2,28,36)(H4,29,30,32)/t22-/m1/s1. The number of nitrogens with two attached hydrogens (primary N) is 3. The van der Waals surface area contributed by atoms with Gasteiger partial charge in [0.2, 0.25) is 5.91 Å². The molecule has 0 saturated carbocycles. The molecule has 6 N–H and O–H groups in total. The predicted molar refractivity (Wildman–Crippen MR) is 145 cm³/mol. The first-order valence-corrected chi connectivity index (χ1v) is 12.3. The number of nitrogens with zero attached hydrogens (tertiary/aromatic N) is 5. The largest absolute Gasteiger partial charge is 0.458 e. The number of furan rings is 1. The van der Waals surface area contributed by atoms with Gasteiger partial charge < -0.3 is 31.1 Å². The summed E-state index contributed by atoms with van der Waals surface area (Å²) in [7, 11) is 1.75. The number of pyridine rings is 1. The van der Waals surface area contributed by atoms with Crippen molar-refractivity contribution in [2.45, 2.75) is 32.2 Å². The third-order valence-corrected chi connectivity index (χ3v) is 6.24. The van der Waals surface area contributed by atoms with Crippen LogP contribution in [0, 0.1) is 6.92 Å². The first kappa shape index (κ1) is 26.4. The van der Waals surface area contributed by atoms with E-state index in [1.54, 1.807) is 47.0 Å². The van der Waals surface area contributed by atoms with Crippen molar-refractivity contribution >= 4 is 28.8 Å².